The number of hydrogen-bond donors (Lipinski definition) is 0. The average Bonchev–Trinajstić information content (AvgIpc) is 3.17. The molecule has 2 aromatic rings. The first-order valence-electron chi connectivity index (χ1n) is 8.43. The average molecular weight is 389 g/mol. The summed E-state index contributed by atoms with van der Waals surface area (Å²) in [6.45, 7) is 0. The van der Waals surface area contributed by atoms with Crippen LogP contribution in [-0.4, -0.2) is 43.8 Å². The summed E-state index contributed by atoms with van der Waals surface area (Å²) in [6.07, 6.45) is 0.540. The van der Waals surface area contributed by atoms with E-state index in [4.69, 9.17) is 25.8 Å². The maximum Gasteiger partial charge on any atom is 0.258 e. The van der Waals surface area contributed by atoms with E-state index in [1.165, 1.54) is 5.01 Å². The predicted octanol–water partition coefficient (Wildman–Crippen LogP) is 3.63. The number of benzene rings is 2. The van der Waals surface area contributed by atoms with Crippen LogP contribution < -0.4 is 14.2 Å². The highest BCUT2D eigenvalue weighted by molar-refractivity contribution is 6.27. The van der Waals surface area contributed by atoms with Crippen molar-refractivity contribution in [1.82, 2.24) is 5.01 Å². The minimum Gasteiger partial charge on any atom is -0.497 e. The predicted molar refractivity (Wildman–Crippen MR) is 104 cm³/mol. The minimum atomic E-state index is -0.321. The Balaban J connectivity index is 2.00. The Hall–Kier alpha value is -2.73. The number of ether oxygens (including phenoxy) is 3. The standard InChI is InChI=1S/C20H21ClN2O4/c1-25-14-9-7-13(8-10-14)16-11-17(23(22-16)19(24)12-21)15-5-4-6-18(26-2)20(15)27-3/h4-10,17H,11-12H2,1-3H3. The van der Waals surface area contributed by atoms with Crippen LogP contribution in [0.5, 0.6) is 17.2 Å². The fraction of sp³-hybridized carbons (Fsp3) is 0.300. The van der Waals surface area contributed by atoms with Crippen molar-refractivity contribution in [2.24, 2.45) is 5.10 Å². The summed E-state index contributed by atoms with van der Waals surface area (Å²) in [5, 5.41) is 5.99. The summed E-state index contributed by atoms with van der Waals surface area (Å²) >= 11 is 5.82. The topological polar surface area (TPSA) is 60.4 Å². The molecule has 0 bridgehead atoms. The van der Waals surface area contributed by atoms with Crippen LogP contribution >= 0.6 is 11.6 Å². The fourth-order valence-electron chi connectivity index (χ4n) is 3.18. The molecule has 0 fully saturated rings. The number of nitrogens with zero attached hydrogens (tertiary/aromatic N) is 2. The van der Waals surface area contributed by atoms with Gasteiger partial charge in [-0.2, -0.15) is 5.10 Å². The normalized spacial score (nSPS) is 16.1. The van der Waals surface area contributed by atoms with Crippen molar-refractivity contribution < 1.29 is 19.0 Å². The number of methoxy groups -OCH3 is 3. The van der Waals surface area contributed by atoms with Crippen molar-refractivity contribution in [2.75, 3.05) is 27.2 Å². The number of hydrogen-bond acceptors (Lipinski definition) is 5. The summed E-state index contributed by atoms with van der Waals surface area (Å²) in [6, 6.07) is 12.8. The minimum absolute atomic E-state index is 0.151. The van der Waals surface area contributed by atoms with Crippen molar-refractivity contribution in [2.45, 2.75) is 12.5 Å². The lowest BCUT2D eigenvalue weighted by Gasteiger charge is -2.23. The van der Waals surface area contributed by atoms with Gasteiger partial charge in [0.2, 0.25) is 0 Å². The van der Waals surface area contributed by atoms with Crippen molar-refractivity contribution in [3.8, 4) is 17.2 Å². The third-order valence-electron chi connectivity index (χ3n) is 4.50. The Bertz CT molecular complexity index is 852. The number of carbonyl (C=O) groups is 1. The van der Waals surface area contributed by atoms with Gasteiger partial charge in [0.15, 0.2) is 11.5 Å². The molecule has 1 heterocycles. The van der Waals surface area contributed by atoms with Crippen LogP contribution in [0.3, 0.4) is 0 Å². The van der Waals surface area contributed by atoms with Crippen LogP contribution in [0, 0.1) is 0 Å². The van der Waals surface area contributed by atoms with E-state index in [0.717, 1.165) is 22.6 Å². The molecule has 1 unspecified atom stereocenters. The number of rotatable bonds is 6. The summed E-state index contributed by atoms with van der Waals surface area (Å²) < 4.78 is 16.1. The lowest BCUT2D eigenvalue weighted by atomic mass is 9.97. The second-order valence-corrected chi connectivity index (χ2v) is 6.22. The molecule has 0 spiro atoms. The van der Waals surface area contributed by atoms with E-state index in [-0.39, 0.29) is 17.8 Å². The van der Waals surface area contributed by atoms with Gasteiger partial charge in [0.1, 0.15) is 11.6 Å². The molecule has 0 saturated heterocycles. The van der Waals surface area contributed by atoms with Crippen LogP contribution in [0.2, 0.25) is 0 Å². The molecule has 1 amide bonds. The first kappa shape index (κ1) is 19.0. The number of carbonyl (C=O) groups excluding carboxylic acids is 1. The molecular formula is C20H21ClN2O4. The molecule has 2 aromatic carbocycles. The van der Waals surface area contributed by atoms with Crippen molar-refractivity contribution >= 4 is 23.2 Å². The first-order valence-corrected chi connectivity index (χ1v) is 8.97. The summed E-state index contributed by atoms with van der Waals surface area (Å²) in [5.74, 6) is 1.53. The van der Waals surface area contributed by atoms with E-state index in [2.05, 4.69) is 5.10 Å². The Morgan fingerprint density at radius 1 is 1.11 bits per heavy atom. The van der Waals surface area contributed by atoms with Gasteiger partial charge in [0.25, 0.3) is 5.91 Å². The van der Waals surface area contributed by atoms with Crippen LogP contribution in [-0.2, 0) is 4.79 Å². The molecule has 0 radical (unpaired) electrons. The third kappa shape index (κ3) is 3.71. The van der Waals surface area contributed by atoms with Crippen molar-refractivity contribution in [1.29, 1.82) is 0 Å². The summed E-state index contributed by atoms with van der Waals surface area (Å²) in [5.41, 5.74) is 2.54. The van der Waals surface area contributed by atoms with Gasteiger partial charge in [-0.3, -0.25) is 4.79 Å². The van der Waals surface area contributed by atoms with Crippen molar-refractivity contribution in [3.63, 3.8) is 0 Å². The van der Waals surface area contributed by atoms with Crippen LogP contribution in [0.15, 0.2) is 47.6 Å². The SMILES string of the molecule is COc1ccc(C2=NN(C(=O)CCl)C(c3cccc(OC)c3OC)C2)cc1. The summed E-state index contributed by atoms with van der Waals surface area (Å²) in [7, 11) is 4.78. The van der Waals surface area contributed by atoms with Crippen molar-refractivity contribution in [3.05, 3.63) is 53.6 Å². The van der Waals surface area contributed by atoms with E-state index >= 15 is 0 Å². The van der Waals surface area contributed by atoms with Gasteiger partial charge in [-0.25, -0.2) is 5.01 Å². The van der Waals surface area contributed by atoms with Gasteiger partial charge in [0.05, 0.1) is 33.1 Å². The van der Waals surface area contributed by atoms with Crippen LogP contribution in [0.25, 0.3) is 0 Å². The molecule has 0 N–H and O–H groups in total. The third-order valence-corrected chi connectivity index (χ3v) is 4.72. The van der Waals surface area contributed by atoms with Crippen LogP contribution in [0.1, 0.15) is 23.6 Å². The lowest BCUT2D eigenvalue weighted by molar-refractivity contribution is -0.130. The highest BCUT2D eigenvalue weighted by Gasteiger charge is 2.35. The maximum atomic E-state index is 12.4. The molecule has 1 aliphatic rings. The Kier molecular flexibility index (Phi) is 5.86. The molecule has 1 aliphatic heterocycles. The highest BCUT2D eigenvalue weighted by Crippen LogP contribution is 2.41. The smallest absolute Gasteiger partial charge is 0.258 e. The maximum absolute atomic E-state index is 12.4. The molecule has 27 heavy (non-hydrogen) atoms. The van der Waals surface area contributed by atoms with E-state index in [9.17, 15) is 4.79 Å². The molecule has 0 saturated carbocycles. The Morgan fingerprint density at radius 3 is 2.44 bits per heavy atom. The van der Waals surface area contributed by atoms with Gasteiger partial charge in [-0.1, -0.05) is 12.1 Å². The summed E-state index contributed by atoms with van der Waals surface area (Å²) in [4.78, 5) is 12.4. The monoisotopic (exact) mass is 388 g/mol. The zero-order valence-corrected chi connectivity index (χ0v) is 16.2. The second-order valence-electron chi connectivity index (χ2n) is 5.95. The number of halogens is 1. The molecular weight excluding hydrogens is 368 g/mol. The van der Waals surface area contributed by atoms with Gasteiger partial charge < -0.3 is 14.2 Å². The van der Waals surface area contributed by atoms with E-state index in [1.54, 1.807) is 21.3 Å². The molecule has 0 aromatic heterocycles. The Morgan fingerprint density at radius 2 is 1.85 bits per heavy atom. The number of hydrazone groups is 1. The van der Waals surface area contributed by atoms with Gasteiger partial charge in [-0.15, -0.1) is 11.6 Å². The number of amides is 1. The van der Waals surface area contributed by atoms with E-state index < -0.39 is 0 Å². The number of alkyl halides is 1. The molecule has 0 aliphatic carbocycles. The zero-order valence-electron chi connectivity index (χ0n) is 15.4. The van der Waals surface area contributed by atoms with Gasteiger partial charge >= 0.3 is 0 Å². The van der Waals surface area contributed by atoms with E-state index in [1.807, 2.05) is 42.5 Å². The van der Waals surface area contributed by atoms with Gasteiger partial charge in [0, 0.05) is 12.0 Å². The first-order chi connectivity index (χ1) is 13.1. The zero-order chi connectivity index (χ0) is 19.4. The second kappa shape index (κ2) is 8.31. The molecule has 3 rings (SSSR count). The molecule has 6 nitrogen and oxygen atoms in total. The molecule has 142 valence electrons. The quantitative estimate of drug-likeness (QED) is 0.709. The molecule has 1 atom stereocenters. The fourth-order valence-corrected chi connectivity index (χ4v) is 3.30. The largest absolute Gasteiger partial charge is 0.497 e. The molecule has 7 heteroatoms. The highest BCUT2D eigenvalue weighted by atomic mass is 35.5. The van der Waals surface area contributed by atoms with Gasteiger partial charge in [-0.05, 0) is 35.9 Å². The van der Waals surface area contributed by atoms with E-state index in [0.29, 0.717) is 17.9 Å². The lowest BCUT2D eigenvalue weighted by Crippen LogP contribution is -2.28. The van der Waals surface area contributed by atoms with Crippen LogP contribution in [0.4, 0.5) is 0 Å². The Labute approximate surface area is 163 Å². The number of para-hydroxylation sites is 1.